The fourth-order valence-electron chi connectivity index (χ4n) is 1.36. The first kappa shape index (κ1) is 11.1. The van der Waals surface area contributed by atoms with Gasteiger partial charge in [-0.05, 0) is 18.9 Å². The monoisotopic (exact) mass is 206 g/mol. The molecule has 1 fully saturated rings. The number of pyridine rings is 1. The number of nitrogens with zero attached hydrogens (tertiary/aromatic N) is 2. The lowest BCUT2D eigenvalue weighted by Crippen LogP contribution is -2.01. The smallest absolute Gasteiger partial charge is 0.337 e. The number of rotatable bonds is 2. The Morgan fingerprint density at radius 2 is 2.27 bits per heavy atom. The SMILES string of the molecule is N#Cc1cc(C(=O)O)cnc1C1CC1.O. The Morgan fingerprint density at radius 1 is 1.60 bits per heavy atom. The van der Waals surface area contributed by atoms with Gasteiger partial charge >= 0.3 is 5.97 Å². The average Bonchev–Trinajstić information content (AvgIpc) is 3.00. The average molecular weight is 206 g/mol. The Labute approximate surface area is 86.3 Å². The summed E-state index contributed by atoms with van der Waals surface area (Å²) in [6, 6.07) is 3.38. The molecular formula is C10H10N2O3. The predicted molar refractivity (Wildman–Crippen MR) is 51.5 cm³/mol. The number of aromatic nitrogens is 1. The van der Waals surface area contributed by atoms with Crippen LogP contribution in [0.5, 0.6) is 0 Å². The molecule has 0 aromatic carbocycles. The summed E-state index contributed by atoms with van der Waals surface area (Å²) in [5.41, 5.74) is 1.22. The molecule has 15 heavy (non-hydrogen) atoms. The summed E-state index contributed by atoms with van der Waals surface area (Å²) < 4.78 is 0. The summed E-state index contributed by atoms with van der Waals surface area (Å²) in [5.74, 6) is -0.677. The van der Waals surface area contributed by atoms with Crippen molar-refractivity contribution >= 4 is 5.97 Å². The molecule has 0 unspecified atom stereocenters. The number of carboxylic acid groups (broad SMARTS) is 1. The van der Waals surface area contributed by atoms with Crippen LogP contribution in [0, 0.1) is 11.3 Å². The first-order valence-corrected chi connectivity index (χ1v) is 4.35. The number of carbonyl (C=O) groups is 1. The summed E-state index contributed by atoms with van der Waals surface area (Å²) in [4.78, 5) is 14.6. The van der Waals surface area contributed by atoms with Crippen LogP contribution in [-0.4, -0.2) is 21.5 Å². The Morgan fingerprint density at radius 3 is 2.73 bits per heavy atom. The molecule has 0 spiro atoms. The van der Waals surface area contributed by atoms with E-state index in [2.05, 4.69) is 4.98 Å². The van der Waals surface area contributed by atoms with Gasteiger partial charge in [-0.25, -0.2) is 4.79 Å². The van der Waals surface area contributed by atoms with Crippen molar-refractivity contribution in [1.82, 2.24) is 4.98 Å². The summed E-state index contributed by atoms with van der Waals surface area (Å²) in [6.45, 7) is 0. The number of carboxylic acids is 1. The van der Waals surface area contributed by atoms with Crippen molar-refractivity contribution in [2.24, 2.45) is 0 Å². The van der Waals surface area contributed by atoms with Crippen molar-refractivity contribution in [3.05, 3.63) is 29.1 Å². The van der Waals surface area contributed by atoms with E-state index in [1.807, 2.05) is 6.07 Å². The minimum atomic E-state index is -1.05. The molecule has 0 saturated heterocycles. The van der Waals surface area contributed by atoms with Crippen LogP contribution >= 0.6 is 0 Å². The zero-order valence-corrected chi connectivity index (χ0v) is 7.90. The van der Waals surface area contributed by atoms with Crippen LogP contribution in [0.2, 0.25) is 0 Å². The van der Waals surface area contributed by atoms with E-state index in [9.17, 15) is 4.79 Å². The van der Waals surface area contributed by atoms with Crippen molar-refractivity contribution in [3.8, 4) is 6.07 Å². The van der Waals surface area contributed by atoms with Crippen LogP contribution in [0.3, 0.4) is 0 Å². The van der Waals surface area contributed by atoms with E-state index in [4.69, 9.17) is 10.4 Å². The molecule has 3 N–H and O–H groups in total. The molecule has 1 aliphatic rings. The highest BCUT2D eigenvalue weighted by Crippen LogP contribution is 2.40. The summed E-state index contributed by atoms with van der Waals surface area (Å²) in [5, 5.41) is 17.5. The maximum absolute atomic E-state index is 10.6. The largest absolute Gasteiger partial charge is 0.478 e. The molecule has 0 radical (unpaired) electrons. The molecule has 5 nitrogen and oxygen atoms in total. The second-order valence-corrected chi connectivity index (χ2v) is 3.35. The lowest BCUT2D eigenvalue weighted by atomic mass is 10.1. The normalized spacial score (nSPS) is 13.8. The molecule has 0 bridgehead atoms. The first-order chi connectivity index (χ1) is 6.72. The second-order valence-electron chi connectivity index (χ2n) is 3.35. The number of aromatic carboxylic acids is 1. The molecular weight excluding hydrogens is 196 g/mol. The van der Waals surface area contributed by atoms with E-state index >= 15 is 0 Å². The quantitative estimate of drug-likeness (QED) is 0.768. The Balaban J connectivity index is 0.00000112. The third-order valence-corrected chi connectivity index (χ3v) is 2.25. The highest BCUT2D eigenvalue weighted by Gasteiger charge is 2.28. The summed E-state index contributed by atoms with van der Waals surface area (Å²) >= 11 is 0. The van der Waals surface area contributed by atoms with E-state index in [0.717, 1.165) is 18.5 Å². The standard InChI is InChI=1S/C10H8N2O2.H2O/c11-4-7-3-8(10(13)14)5-12-9(7)6-1-2-6;/h3,5-6H,1-2H2,(H,13,14);1H2. The van der Waals surface area contributed by atoms with Gasteiger partial charge in [0.05, 0.1) is 16.8 Å². The maximum Gasteiger partial charge on any atom is 0.337 e. The van der Waals surface area contributed by atoms with Crippen LogP contribution in [0.1, 0.15) is 40.4 Å². The summed E-state index contributed by atoms with van der Waals surface area (Å²) in [6.07, 6.45) is 3.42. The van der Waals surface area contributed by atoms with E-state index in [1.54, 1.807) is 0 Å². The van der Waals surface area contributed by atoms with Gasteiger partial charge in [-0.15, -0.1) is 0 Å². The molecule has 5 heteroatoms. The van der Waals surface area contributed by atoms with E-state index in [1.165, 1.54) is 12.3 Å². The molecule has 2 rings (SSSR count). The Bertz CT molecular complexity index is 433. The van der Waals surface area contributed by atoms with Crippen LogP contribution in [0.25, 0.3) is 0 Å². The highest BCUT2D eigenvalue weighted by molar-refractivity contribution is 5.87. The van der Waals surface area contributed by atoms with Crippen LogP contribution in [0.4, 0.5) is 0 Å². The highest BCUT2D eigenvalue weighted by atomic mass is 16.4. The van der Waals surface area contributed by atoms with Gasteiger partial charge in [0.1, 0.15) is 6.07 Å². The van der Waals surface area contributed by atoms with Crippen molar-refractivity contribution in [3.63, 3.8) is 0 Å². The van der Waals surface area contributed by atoms with Gasteiger partial charge in [0, 0.05) is 12.1 Å². The lowest BCUT2D eigenvalue weighted by molar-refractivity contribution is 0.0696. The van der Waals surface area contributed by atoms with Gasteiger partial charge in [0.25, 0.3) is 0 Å². The molecule has 0 amide bonds. The molecule has 1 saturated carbocycles. The maximum atomic E-state index is 10.6. The van der Waals surface area contributed by atoms with Crippen molar-refractivity contribution < 1.29 is 15.4 Å². The first-order valence-electron chi connectivity index (χ1n) is 4.35. The Kier molecular flexibility index (Phi) is 3.02. The van der Waals surface area contributed by atoms with Gasteiger partial charge in [-0.2, -0.15) is 5.26 Å². The van der Waals surface area contributed by atoms with Gasteiger partial charge in [-0.3, -0.25) is 4.98 Å². The fourth-order valence-corrected chi connectivity index (χ4v) is 1.36. The van der Waals surface area contributed by atoms with Crippen LogP contribution < -0.4 is 0 Å². The molecule has 0 aliphatic heterocycles. The van der Waals surface area contributed by atoms with Gasteiger partial charge in [0.15, 0.2) is 0 Å². The molecule has 1 aliphatic carbocycles. The lowest BCUT2D eigenvalue weighted by Gasteiger charge is -2.01. The van der Waals surface area contributed by atoms with E-state index in [0.29, 0.717) is 11.5 Å². The van der Waals surface area contributed by atoms with Crippen LogP contribution in [0.15, 0.2) is 12.3 Å². The minimum absolute atomic E-state index is 0. The van der Waals surface area contributed by atoms with Gasteiger partial charge in [-0.1, -0.05) is 0 Å². The zero-order chi connectivity index (χ0) is 10.1. The predicted octanol–water partition coefficient (Wildman–Crippen LogP) is 0.704. The van der Waals surface area contributed by atoms with Crippen LogP contribution in [-0.2, 0) is 0 Å². The zero-order valence-electron chi connectivity index (χ0n) is 7.90. The summed E-state index contributed by atoms with van der Waals surface area (Å²) in [7, 11) is 0. The number of hydrogen-bond donors (Lipinski definition) is 1. The van der Waals surface area contributed by atoms with Crippen molar-refractivity contribution in [2.75, 3.05) is 0 Å². The van der Waals surface area contributed by atoms with Gasteiger partial charge in [0.2, 0.25) is 0 Å². The molecule has 0 atom stereocenters. The van der Waals surface area contributed by atoms with Crippen molar-refractivity contribution in [2.45, 2.75) is 18.8 Å². The minimum Gasteiger partial charge on any atom is -0.478 e. The third kappa shape index (κ3) is 2.11. The number of hydrogen-bond acceptors (Lipinski definition) is 3. The fraction of sp³-hybridized carbons (Fsp3) is 0.300. The molecule has 1 aromatic heterocycles. The Hall–Kier alpha value is -1.93. The second kappa shape index (κ2) is 4.07. The van der Waals surface area contributed by atoms with Gasteiger partial charge < -0.3 is 10.6 Å². The van der Waals surface area contributed by atoms with E-state index < -0.39 is 5.97 Å². The topological polar surface area (TPSA) is 105 Å². The van der Waals surface area contributed by atoms with Crippen molar-refractivity contribution in [1.29, 1.82) is 5.26 Å². The third-order valence-electron chi connectivity index (χ3n) is 2.25. The van der Waals surface area contributed by atoms with E-state index in [-0.39, 0.29) is 11.0 Å². The number of nitriles is 1. The molecule has 1 heterocycles. The molecule has 1 aromatic rings. The molecule has 78 valence electrons.